The molecular formula is C9H9NOS. The van der Waals surface area contributed by atoms with Crippen molar-refractivity contribution in [3.8, 4) is 5.75 Å². The number of rotatable bonds is 1. The summed E-state index contributed by atoms with van der Waals surface area (Å²) in [5, 5.41) is 0. The summed E-state index contributed by atoms with van der Waals surface area (Å²) < 4.78 is 6.40. The zero-order valence-electron chi connectivity index (χ0n) is 7.00. The molecule has 2 nitrogen and oxygen atoms in total. The maximum absolute atomic E-state index is 5.21. The number of aryl methyl sites for hydroxylation is 1. The Morgan fingerprint density at radius 2 is 2.25 bits per heavy atom. The van der Waals surface area contributed by atoms with Gasteiger partial charge in [0, 0.05) is 0 Å². The first-order valence-corrected chi connectivity index (χ1v) is 4.57. The molecule has 0 unspecified atom stereocenters. The van der Waals surface area contributed by atoms with E-state index in [1.165, 1.54) is 10.3 Å². The first-order chi connectivity index (χ1) is 5.81. The van der Waals surface area contributed by atoms with Gasteiger partial charge in [-0.15, -0.1) is 11.3 Å². The first-order valence-electron chi connectivity index (χ1n) is 3.69. The number of fused-ring (bicyclic) bond motifs is 1. The van der Waals surface area contributed by atoms with Crippen molar-refractivity contribution < 1.29 is 4.74 Å². The number of methoxy groups -OCH3 is 1. The summed E-state index contributed by atoms with van der Waals surface area (Å²) in [6.45, 7) is 2.06. The fourth-order valence-electron chi connectivity index (χ4n) is 1.22. The van der Waals surface area contributed by atoms with Gasteiger partial charge < -0.3 is 4.74 Å². The third-order valence-corrected chi connectivity index (χ3v) is 2.54. The Balaban J connectivity index is 2.80. The molecule has 3 heteroatoms. The first kappa shape index (κ1) is 7.55. The number of aromatic nitrogens is 1. The highest BCUT2D eigenvalue weighted by Crippen LogP contribution is 2.28. The fourth-order valence-corrected chi connectivity index (χ4v) is 2.01. The third-order valence-electron chi connectivity index (χ3n) is 1.77. The average Bonchev–Trinajstić information content (AvgIpc) is 2.50. The smallest absolute Gasteiger partial charge is 0.146 e. The van der Waals surface area contributed by atoms with Crippen LogP contribution >= 0.6 is 11.3 Å². The highest BCUT2D eigenvalue weighted by Gasteiger charge is 2.04. The van der Waals surface area contributed by atoms with Crippen LogP contribution in [0.3, 0.4) is 0 Å². The summed E-state index contributed by atoms with van der Waals surface area (Å²) in [5.41, 5.74) is 4.02. The average molecular weight is 179 g/mol. The highest BCUT2D eigenvalue weighted by atomic mass is 32.1. The Morgan fingerprint density at radius 1 is 1.42 bits per heavy atom. The molecule has 0 amide bonds. The van der Waals surface area contributed by atoms with Crippen molar-refractivity contribution >= 4 is 21.6 Å². The topological polar surface area (TPSA) is 22.1 Å². The summed E-state index contributed by atoms with van der Waals surface area (Å²) in [7, 11) is 1.67. The Kier molecular flexibility index (Phi) is 1.73. The molecule has 0 radical (unpaired) electrons. The van der Waals surface area contributed by atoms with Crippen molar-refractivity contribution in [3.05, 3.63) is 23.2 Å². The maximum atomic E-state index is 5.21. The van der Waals surface area contributed by atoms with Crippen LogP contribution in [0.2, 0.25) is 0 Å². The molecule has 2 aromatic rings. The largest absolute Gasteiger partial charge is 0.494 e. The van der Waals surface area contributed by atoms with E-state index < -0.39 is 0 Å². The van der Waals surface area contributed by atoms with Gasteiger partial charge in [0.1, 0.15) is 11.3 Å². The lowest BCUT2D eigenvalue weighted by Gasteiger charge is -2.01. The molecule has 0 N–H and O–H groups in total. The molecule has 0 saturated heterocycles. The van der Waals surface area contributed by atoms with Crippen LogP contribution in [0.5, 0.6) is 5.75 Å². The minimum atomic E-state index is 0.867. The molecule has 0 spiro atoms. The number of hydrogen-bond donors (Lipinski definition) is 0. The molecule has 0 aliphatic carbocycles. The van der Waals surface area contributed by atoms with Crippen LogP contribution in [0.15, 0.2) is 17.6 Å². The normalized spacial score (nSPS) is 10.5. The van der Waals surface area contributed by atoms with E-state index in [9.17, 15) is 0 Å². The minimum Gasteiger partial charge on any atom is -0.494 e. The van der Waals surface area contributed by atoms with Gasteiger partial charge in [-0.3, -0.25) is 0 Å². The van der Waals surface area contributed by atoms with E-state index >= 15 is 0 Å². The molecule has 0 fully saturated rings. The van der Waals surface area contributed by atoms with Crippen LogP contribution < -0.4 is 4.74 Å². The third kappa shape index (κ3) is 1.06. The summed E-state index contributed by atoms with van der Waals surface area (Å²) in [4.78, 5) is 4.22. The number of ether oxygens (including phenoxy) is 1. The monoisotopic (exact) mass is 179 g/mol. The number of hydrogen-bond acceptors (Lipinski definition) is 3. The van der Waals surface area contributed by atoms with Gasteiger partial charge in [-0.2, -0.15) is 0 Å². The van der Waals surface area contributed by atoms with E-state index in [4.69, 9.17) is 4.74 Å². The Morgan fingerprint density at radius 3 is 3.00 bits per heavy atom. The molecule has 1 aromatic carbocycles. The second-order valence-electron chi connectivity index (χ2n) is 2.67. The molecular weight excluding hydrogens is 170 g/mol. The Bertz CT molecular complexity index is 408. The van der Waals surface area contributed by atoms with E-state index in [0.29, 0.717) is 0 Å². The van der Waals surface area contributed by atoms with Crippen LogP contribution in [0, 0.1) is 6.92 Å². The van der Waals surface area contributed by atoms with Crippen molar-refractivity contribution in [2.75, 3.05) is 7.11 Å². The van der Waals surface area contributed by atoms with Crippen molar-refractivity contribution in [1.29, 1.82) is 0 Å². The number of nitrogens with zero attached hydrogens (tertiary/aromatic N) is 1. The van der Waals surface area contributed by atoms with Gasteiger partial charge in [0.2, 0.25) is 0 Å². The SMILES string of the molecule is COc1cc(C)cc2scnc12. The second-order valence-corrected chi connectivity index (χ2v) is 3.55. The summed E-state index contributed by atoms with van der Waals surface area (Å²) in [5.74, 6) is 0.867. The van der Waals surface area contributed by atoms with E-state index in [-0.39, 0.29) is 0 Å². The highest BCUT2D eigenvalue weighted by molar-refractivity contribution is 7.16. The summed E-state index contributed by atoms with van der Waals surface area (Å²) in [6.07, 6.45) is 0. The van der Waals surface area contributed by atoms with Crippen LogP contribution in [0.25, 0.3) is 10.2 Å². The van der Waals surface area contributed by atoms with Gasteiger partial charge in [0.25, 0.3) is 0 Å². The van der Waals surface area contributed by atoms with E-state index in [0.717, 1.165) is 11.3 Å². The zero-order valence-corrected chi connectivity index (χ0v) is 7.81. The lowest BCUT2D eigenvalue weighted by Crippen LogP contribution is -1.85. The Labute approximate surface area is 74.8 Å². The van der Waals surface area contributed by atoms with Crippen molar-refractivity contribution in [2.24, 2.45) is 0 Å². The predicted octanol–water partition coefficient (Wildman–Crippen LogP) is 2.61. The summed E-state index contributed by atoms with van der Waals surface area (Å²) in [6, 6.07) is 4.12. The quantitative estimate of drug-likeness (QED) is 0.671. The van der Waals surface area contributed by atoms with Gasteiger partial charge in [0.15, 0.2) is 0 Å². The maximum Gasteiger partial charge on any atom is 0.146 e. The number of thiazole rings is 1. The van der Waals surface area contributed by atoms with E-state index in [2.05, 4.69) is 18.0 Å². The van der Waals surface area contributed by atoms with Crippen LogP contribution in [0.1, 0.15) is 5.56 Å². The van der Waals surface area contributed by atoms with E-state index in [1.54, 1.807) is 18.4 Å². The molecule has 12 heavy (non-hydrogen) atoms. The standard InChI is InChI=1S/C9H9NOS/c1-6-3-7(11-2)9-8(4-6)12-5-10-9/h3-5H,1-2H3. The molecule has 0 aliphatic heterocycles. The van der Waals surface area contributed by atoms with Crippen molar-refractivity contribution in [2.45, 2.75) is 6.92 Å². The molecule has 0 aliphatic rings. The second kappa shape index (κ2) is 2.75. The van der Waals surface area contributed by atoms with E-state index in [1.807, 2.05) is 11.6 Å². The van der Waals surface area contributed by atoms with Gasteiger partial charge in [0.05, 0.1) is 17.3 Å². The number of benzene rings is 1. The molecule has 0 atom stereocenters. The lowest BCUT2D eigenvalue weighted by atomic mass is 10.2. The van der Waals surface area contributed by atoms with Gasteiger partial charge >= 0.3 is 0 Å². The predicted molar refractivity (Wildman–Crippen MR) is 50.9 cm³/mol. The lowest BCUT2D eigenvalue weighted by molar-refractivity contribution is 0.418. The molecule has 1 heterocycles. The van der Waals surface area contributed by atoms with Gasteiger partial charge in [-0.1, -0.05) is 0 Å². The summed E-state index contributed by atoms with van der Waals surface area (Å²) >= 11 is 1.64. The molecule has 1 aromatic heterocycles. The Hall–Kier alpha value is -1.09. The molecule has 0 bridgehead atoms. The fraction of sp³-hybridized carbons (Fsp3) is 0.222. The van der Waals surface area contributed by atoms with Crippen molar-refractivity contribution in [1.82, 2.24) is 4.98 Å². The van der Waals surface area contributed by atoms with Crippen LogP contribution in [-0.2, 0) is 0 Å². The van der Waals surface area contributed by atoms with Crippen LogP contribution in [-0.4, -0.2) is 12.1 Å². The minimum absolute atomic E-state index is 0.867. The van der Waals surface area contributed by atoms with Crippen molar-refractivity contribution in [3.63, 3.8) is 0 Å². The molecule has 62 valence electrons. The zero-order chi connectivity index (χ0) is 8.55. The molecule has 2 rings (SSSR count). The van der Waals surface area contributed by atoms with Gasteiger partial charge in [-0.25, -0.2) is 4.98 Å². The van der Waals surface area contributed by atoms with Gasteiger partial charge in [-0.05, 0) is 24.6 Å². The van der Waals surface area contributed by atoms with Crippen LogP contribution in [0.4, 0.5) is 0 Å². The molecule has 0 saturated carbocycles.